The summed E-state index contributed by atoms with van der Waals surface area (Å²) in [6, 6.07) is 3.73. The van der Waals surface area contributed by atoms with Gasteiger partial charge in [0.15, 0.2) is 5.69 Å². The van der Waals surface area contributed by atoms with Gasteiger partial charge in [0.05, 0.1) is 27.5 Å². The van der Waals surface area contributed by atoms with Gasteiger partial charge in [0.2, 0.25) is 0 Å². The number of nitrogens with one attached hydrogen (secondary N) is 1. The third kappa shape index (κ3) is 7.69. The number of aryl methyl sites for hydroxylation is 1. The molecule has 0 spiro atoms. The molecule has 1 aliphatic carbocycles. The number of carbonyl (C=O) groups is 1. The van der Waals surface area contributed by atoms with E-state index in [0.29, 0.717) is 12.8 Å². The van der Waals surface area contributed by atoms with E-state index >= 15 is 0 Å². The summed E-state index contributed by atoms with van der Waals surface area (Å²) in [7, 11) is -3.31. The second-order valence-electron chi connectivity index (χ2n) is 10.9. The Morgan fingerprint density at radius 2 is 1.93 bits per heavy atom. The summed E-state index contributed by atoms with van der Waals surface area (Å²) >= 11 is 6.52. The minimum atomic E-state index is -4.54. The molecule has 8 nitrogen and oxygen atoms in total. The fourth-order valence-electron chi connectivity index (χ4n) is 4.85. The van der Waals surface area contributed by atoms with Crippen molar-refractivity contribution in [2.45, 2.75) is 77.1 Å². The highest BCUT2D eigenvalue weighted by Gasteiger charge is 2.47. The molecule has 0 radical (unpaired) electrons. The number of aromatic nitrogens is 2. The number of sulfone groups is 1. The molecule has 1 heterocycles. The van der Waals surface area contributed by atoms with Gasteiger partial charge in [-0.1, -0.05) is 31.5 Å². The van der Waals surface area contributed by atoms with Crippen LogP contribution >= 0.6 is 11.6 Å². The Hall–Kier alpha value is -2.45. The quantitative estimate of drug-likeness (QED) is 0.347. The van der Waals surface area contributed by atoms with Crippen molar-refractivity contribution < 1.29 is 45.0 Å². The number of ether oxygens (including phenoxy) is 1. The number of aliphatic hydroxyl groups excluding tert-OH is 1. The monoisotopic (exact) mass is 629 g/mol. The van der Waals surface area contributed by atoms with Crippen LogP contribution in [-0.4, -0.2) is 66.2 Å². The minimum Gasteiger partial charge on any atom is -0.434 e. The van der Waals surface area contributed by atoms with Crippen molar-refractivity contribution >= 4 is 27.3 Å². The smallest absolute Gasteiger partial charge is 0.394 e. The van der Waals surface area contributed by atoms with Crippen molar-refractivity contribution in [1.82, 2.24) is 15.1 Å². The first-order valence-electron chi connectivity index (χ1n) is 12.9. The van der Waals surface area contributed by atoms with Gasteiger partial charge in [-0.2, -0.15) is 27.1 Å². The Morgan fingerprint density at radius 1 is 1.27 bits per heavy atom. The first-order chi connectivity index (χ1) is 18.9. The molecule has 0 aliphatic heterocycles. The molecule has 0 saturated heterocycles. The Morgan fingerprint density at radius 3 is 2.46 bits per heavy atom. The van der Waals surface area contributed by atoms with E-state index in [0.717, 1.165) is 26.2 Å². The molecule has 2 aromatic rings. The van der Waals surface area contributed by atoms with Gasteiger partial charge in [-0.3, -0.25) is 9.48 Å². The van der Waals surface area contributed by atoms with Crippen LogP contribution in [-0.2, 0) is 22.8 Å². The summed E-state index contributed by atoms with van der Waals surface area (Å²) in [5.41, 5.74) is -2.19. The molecular formula is C26H33ClF5N3O5S. The van der Waals surface area contributed by atoms with Crippen LogP contribution in [0.15, 0.2) is 18.2 Å². The zero-order chi connectivity index (χ0) is 30.9. The maximum absolute atomic E-state index is 13.4. The minimum absolute atomic E-state index is 0.00628. The average molecular weight is 630 g/mol. The van der Waals surface area contributed by atoms with Crippen LogP contribution in [0.1, 0.15) is 56.1 Å². The van der Waals surface area contributed by atoms with Gasteiger partial charge in [0, 0.05) is 30.8 Å². The summed E-state index contributed by atoms with van der Waals surface area (Å²) in [4.78, 5) is 13.0. The first-order valence-corrected chi connectivity index (χ1v) is 15.2. The summed E-state index contributed by atoms with van der Waals surface area (Å²) in [5.74, 6) is -1.53. The largest absolute Gasteiger partial charge is 0.434 e. The Labute approximate surface area is 240 Å². The molecule has 1 unspecified atom stereocenters. The van der Waals surface area contributed by atoms with Gasteiger partial charge in [-0.15, -0.1) is 0 Å². The van der Waals surface area contributed by atoms with Crippen LogP contribution in [0.25, 0.3) is 11.3 Å². The number of rotatable bonds is 10. The van der Waals surface area contributed by atoms with Crippen molar-refractivity contribution in [2.24, 2.45) is 11.3 Å². The van der Waals surface area contributed by atoms with Gasteiger partial charge in [-0.05, 0) is 50.3 Å². The Kier molecular flexibility index (Phi) is 10.0. The topological polar surface area (TPSA) is 111 Å². The van der Waals surface area contributed by atoms with Gasteiger partial charge in [0.1, 0.15) is 15.6 Å². The average Bonchev–Trinajstić information content (AvgIpc) is 3.17. The summed E-state index contributed by atoms with van der Waals surface area (Å²) in [6.07, 6.45) is -4.10. The fraction of sp³-hybridized carbons (Fsp3) is 0.615. The van der Waals surface area contributed by atoms with E-state index in [4.69, 9.17) is 11.6 Å². The van der Waals surface area contributed by atoms with Gasteiger partial charge < -0.3 is 15.2 Å². The van der Waals surface area contributed by atoms with Crippen LogP contribution < -0.4 is 10.1 Å². The summed E-state index contributed by atoms with van der Waals surface area (Å²) < 4.78 is 96.4. The normalized spacial score (nSPS) is 20.3. The number of alkyl halides is 5. The maximum Gasteiger partial charge on any atom is 0.394 e. The molecule has 1 aromatic carbocycles. The summed E-state index contributed by atoms with van der Waals surface area (Å²) in [5, 5.41) is 16.4. The predicted octanol–water partition coefficient (Wildman–Crippen LogP) is 5.26. The van der Waals surface area contributed by atoms with Crippen LogP contribution in [0.2, 0.25) is 5.02 Å². The molecule has 1 amide bonds. The van der Waals surface area contributed by atoms with E-state index in [1.807, 2.05) is 0 Å². The number of hydrogen-bond donors (Lipinski definition) is 2. The maximum atomic E-state index is 13.4. The van der Waals surface area contributed by atoms with E-state index in [1.165, 1.54) is 16.8 Å². The number of amides is 1. The van der Waals surface area contributed by atoms with Crippen LogP contribution in [0, 0.1) is 11.3 Å². The number of hydrogen-bond acceptors (Lipinski definition) is 6. The molecule has 1 saturated carbocycles. The lowest BCUT2D eigenvalue weighted by atomic mass is 9.84. The summed E-state index contributed by atoms with van der Waals surface area (Å²) in [6.45, 7) is 0.553. The molecule has 41 heavy (non-hydrogen) atoms. The highest BCUT2D eigenvalue weighted by atomic mass is 35.5. The van der Waals surface area contributed by atoms with E-state index in [9.17, 15) is 40.3 Å². The molecule has 3 atom stereocenters. The third-order valence-electron chi connectivity index (χ3n) is 7.38. The van der Waals surface area contributed by atoms with Crippen molar-refractivity contribution in [3.05, 3.63) is 34.5 Å². The number of benzene rings is 1. The highest BCUT2D eigenvalue weighted by molar-refractivity contribution is 7.91. The molecule has 0 bridgehead atoms. The van der Waals surface area contributed by atoms with E-state index < -0.39 is 63.4 Å². The van der Waals surface area contributed by atoms with Crippen molar-refractivity contribution in [3.63, 3.8) is 0 Å². The first kappa shape index (κ1) is 33.1. The highest BCUT2D eigenvalue weighted by Crippen LogP contribution is 2.43. The SMILES string of the molecule is CCn1nc(C(=O)NC[C@H]2CCC(S(C)(=O)=O)C[C@@H]2O)c(Cl)c1-c1ccc(CC(C)(C)C(F)(F)F)cc1OC(F)F. The van der Waals surface area contributed by atoms with Gasteiger partial charge >= 0.3 is 12.8 Å². The predicted molar refractivity (Wildman–Crippen MR) is 143 cm³/mol. The van der Waals surface area contributed by atoms with E-state index in [1.54, 1.807) is 6.92 Å². The second kappa shape index (κ2) is 12.4. The second-order valence-corrected chi connectivity index (χ2v) is 13.6. The third-order valence-corrected chi connectivity index (χ3v) is 9.38. The van der Waals surface area contributed by atoms with Crippen LogP contribution in [0.5, 0.6) is 5.75 Å². The molecule has 2 N–H and O–H groups in total. The lowest BCUT2D eigenvalue weighted by molar-refractivity contribution is -0.211. The fourth-order valence-corrected chi connectivity index (χ4v) is 6.29. The number of carbonyl (C=O) groups excluding carboxylic acids is 1. The zero-order valence-corrected chi connectivity index (χ0v) is 24.5. The van der Waals surface area contributed by atoms with E-state index in [-0.39, 0.29) is 47.0 Å². The van der Waals surface area contributed by atoms with Crippen molar-refractivity contribution in [2.75, 3.05) is 12.8 Å². The number of halogens is 6. The standard InChI is InChI=1S/C26H33ClF5N3O5S/c1-5-35-22(17-9-6-14(10-19(17)40-24(28)29)12-25(2,3)26(30,31)32)20(27)21(34-35)23(37)33-13-15-7-8-16(11-18(15)36)41(4,38)39/h6,9-10,15-16,18,24,36H,5,7-8,11-13H2,1-4H3,(H,33,37)/t15-,16?,18+/m1/s1. The zero-order valence-electron chi connectivity index (χ0n) is 22.9. The van der Waals surface area contributed by atoms with Crippen molar-refractivity contribution in [1.29, 1.82) is 0 Å². The molecule has 1 aliphatic rings. The number of aliphatic hydroxyl groups is 1. The van der Waals surface area contributed by atoms with Crippen LogP contribution in [0.4, 0.5) is 22.0 Å². The Bertz CT molecular complexity index is 1360. The Balaban J connectivity index is 1.88. The molecule has 1 aromatic heterocycles. The van der Waals surface area contributed by atoms with Gasteiger partial charge in [-0.25, -0.2) is 8.42 Å². The van der Waals surface area contributed by atoms with Gasteiger partial charge in [0.25, 0.3) is 5.91 Å². The number of nitrogens with zero attached hydrogens (tertiary/aromatic N) is 2. The molecule has 1 fully saturated rings. The molecule has 230 valence electrons. The molecule has 3 rings (SSSR count). The molecule has 15 heteroatoms. The molecular weight excluding hydrogens is 597 g/mol. The lowest BCUT2D eigenvalue weighted by Gasteiger charge is -2.32. The van der Waals surface area contributed by atoms with Crippen LogP contribution in [0.3, 0.4) is 0 Å². The van der Waals surface area contributed by atoms with Crippen molar-refractivity contribution in [3.8, 4) is 17.0 Å². The lowest BCUT2D eigenvalue weighted by Crippen LogP contribution is -2.41. The van der Waals surface area contributed by atoms with E-state index in [2.05, 4.69) is 15.2 Å².